The van der Waals surface area contributed by atoms with E-state index in [1.165, 1.54) is 19.2 Å². The van der Waals surface area contributed by atoms with Gasteiger partial charge in [-0.25, -0.2) is 9.78 Å². The van der Waals surface area contributed by atoms with Gasteiger partial charge in [0.05, 0.1) is 11.9 Å². The van der Waals surface area contributed by atoms with Crippen LogP contribution in [0.15, 0.2) is 18.3 Å². The standard InChI is InChI=1S/C10H15N3O4S/c1-7(2)13(3)18(16,17)12-8-4-5-9(10(14)15)11-6-8/h4-7,12H,1-3H3,(H,14,15). The van der Waals surface area contributed by atoms with Gasteiger partial charge in [0.15, 0.2) is 0 Å². The van der Waals surface area contributed by atoms with Crippen LogP contribution in [0.2, 0.25) is 0 Å². The number of carbonyl (C=O) groups is 1. The third-order valence-electron chi connectivity index (χ3n) is 2.34. The highest BCUT2D eigenvalue weighted by Crippen LogP contribution is 2.11. The van der Waals surface area contributed by atoms with E-state index >= 15 is 0 Å². The Labute approximate surface area is 106 Å². The summed E-state index contributed by atoms with van der Waals surface area (Å²) in [5, 5.41) is 8.66. The molecule has 100 valence electrons. The molecule has 0 amide bonds. The molecule has 7 nitrogen and oxygen atoms in total. The minimum atomic E-state index is -3.65. The van der Waals surface area contributed by atoms with E-state index in [1.807, 2.05) is 0 Å². The maximum Gasteiger partial charge on any atom is 0.354 e. The van der Waals surface area contributed by atoms with E-state index in [1.54, 1.807) is 13.8 Å². The van der Waals surface area contributed by atoms with Gasteiger partial charge in [-0.05, 0) is 26.0 Å². The number of aromatic carboxylic acids is 1. The fourth-order valence-corrected chi connectivity index (χ4v) is 2.20. The van der Waals surface area contributed by atoms with Crippen molar-refractivity contribution < 1.29 is 18.3 Å². The van der Waals surface area contributed by atoms with E-state index in [-0.39, 0.29) is 17.4 Å². The zero-order valence-electron chi connectivity index (χ0n) is 10.3. The summed E-state index contributed by atoms with van der Waals surface area (Å²) in [6.45, 7) is 3.48. The lowest BCUT2D eigenvalue weighted by Gasteiger charge is -2.21. The number of pyridine rings is 1. The Morgan fingerprint density at radius 2 is 2.06 bits per heavy atom. The van der Waals surface area contributed by atoms with Crippen LogP contribution >= 0.6 is 0 Å². The van der Waals surface area contributed by atoms with E-state index in [0.717, 1.165) is 10.5 Å². The molecule has 0 bridgehead atoms. The molecule has 0 saturated carbocycles. The Morgan fingerprint density at radius 3 is 2.44 bits per heavy atom. The fourth-order valence-electron chi connectivity index (χ4n) is 1.08. The van der Waals surface area contributed by atoms with Gasteiger partial charge in [-0.2, -0.15) is 12.7 Å². The second kappa shape index (κ2) is 5.32. The Kier molecular flexibility index (Phi) is 4.25. The van der Waals surface area contributed by atoms with Crippen molar-refractivity contribution in [1.29, 1.82) is 0 Å². The first-order valence-corrected chi connectivity index (χ1v) is 6.63. The van der Waals surface area contributed by atoms with Gasteiger partial charge in [0.2, 0.25) is 0 Å². The summed E-state index contributed by atoms with van der Waals surface area (Å²) in [6, 6.07) is 2.39. The number of aromatic nitrogens is 1. The molecule has 0 radical (unpaired) electrons. The van der Waals surface area contributed by atoms with Crippen LogP contribution in [-0.4, -0.2) is 41.9 Å². The summed E-state index contributed by atoms with van der Waals surface area (Å²) in [6.07, 6.45) is 1.16. The fraction of sp³-hybridized carbons (Fsp3) is 0.400. The van der Waals surface area contributed by atoms with Crippen LogP contribution < -0.4 is 4.72 Å². The van der Waals surface area contributed by atoms with E-state index in [0.29, 0.717) is 0 Å². The number of carboxylic acids is 1. The summed E-state index contributed by atoms with van der Waals surface area (Å²) in [5.74, 6) is -1.16. The molecule has 0 fully saturated rings. The van der Waals surface area contributed by atoms with Crippen molar-refractivity contribution >= 4 is 21.9 Å². The quantitative estimate of drug-likeness (QED) is 0.825. The number of nitrogens with zero attached hydrogens (tertiary/aromatic N) is 2. The van der Waals surface area contributed by atoms with Crippen LogP contribution in [0.25, 0.3) is 0 Å². The van der Waals surface area contributed by atoms with Gasteiger partial charge in [-0.1, -0.05) is 0 Å². The van der Waals surface area contributed by atoms with E-state index in [9.17, 15) is 13.2 Å². The molecule has 0 saturated heterocycles. The zero-order chi connectivity index (χ0) is 13.9. The number of hydrogen-bond donors (Lipinski definition) is 2. The minimum absolute atomic E-state index is 0.143. The average Bonchev–Trinajstić information content (AvgIpc) is 2.28. The van der Waals surface area contributed by atoms with Crippen molar-refractivity contribution in [3.63, 3.8) is 0 Å². The zero-order valence-corrected chi connectivity index (χ0v) is 11.1. The first-order valence-electron chi connectivity index (χ1n) is 5.19. The molecule has 0 unspecified atom stereocenters. The van der Waals surface area contributed by atoms with Crippen molar-refractivity contribution in [3.8, 4) is 0 Å². The van der Waals surface area contributed by atoms with Crippen molar-refractivity contribution in [2.75, 3.05) is 11.8 Å². The molecule has 8 heteroatoms. The van der Waals surface area contributed by atoms with Crippen LogP contribution in [0.3, 0.4) is 0 Å². The first kappa shape index (κ1) is 14.4. The minimum Gasteiger partial charge on any atom is -0.477 e. The molecular weight excluding hydrogens is 258 g/mol. The Hall–Kier alpha value is -1.67. The molecule has 1 heterocycles. The number of nitrogens with one attached hydrogen (secondary N) is 1. The lowest BCUT2D eigenvalue weighted by atomic mass is 10.3. The SMILES string of the molecule is CC(C)N(C)S(=O)(=O)Nc1ccc(C(=O)O)nc1. The van der Waals surface area contributed by atoms with E-state index in [2.05, 4.69) is 9.71 Å². The third kappa shape index (κ3) is 3.41. The van der Waals surface area contributed by atoms with Crippen LogP contribution in [-0.2, 0) is 10.2 Å². The van der Waals surface area contributed by atoms with Gasteiger partial charge in [0, 0.05) is 13.1 Å². The molecule has 1 aromatic rings. The van der Waals surface area contributed by atoms with Crippen molar-refractivity contribution in [3.05, 3.63) is 24.0 Å². The van der Waals surface area contributed by atoms with Gasteiger partial charge in [0.25, 0.3) is 0 Å². The van der Waals surface area contributed by atoms with E-state index in [4.69, 9.17) is 5.11 Å². The summed E-state index contributed by atoms with van der Waals surface area (Å²) in [4.78, 5) is 14.2. The summed E-state index contributed by atoms with van der Waals surface area (Å²) < 4.78 is 27.1. The molecule has 0 aliphatic carbocycles. The van der Waals surface area contributed by atoms with Crippen molar-refractivity contribution in [2.45, 2.75) is 19.9 Å². The molecule has 1 rings (SSSR count). The highest BCUT2D eigenvalue weighted by atomic mass is 32.2. The Bertz CT molecular complexity index is 525. The van der Waals surface area contributed by atoms with Crippen LogP contribution in [0.1, 0.15) is 24.3 Å². The lowest BCUT2D eigenvalue weighted by Crippen LogP contribution is -2.37. The molecule has 0 aliphatic heterocycles. The van der Waals surface area contributed by atoms with Crippen molar-refractivity contribution in [2.24, 2.45) is 0 Å². The predicted octanol–water partition coefficient (Wildman–Crippen LogP) is 0.777. The topological polar surface area (TPSA) is 99.6 Å². The first-order chi connectivity index (χ1) is 8.24. The van der Waals surface area contributed by atoms with Gasteiger partial charge in [-0.15, -0.1) is 0 Å². The van der Waals surface area contributed by atoms with Crippen LogP contribution in [0.5, 0.6) is 0 Å². The normalized spacial score (nSPS) is 11.8. The summed E-state index contributed by atoms with van der Waals surface area (Å²) >= 11 is 0. The molecule has 0 atom stereocenters. The maximum absolute atomic E-state index is 11.8. The number of carboxylic acid groups (broad SMARTS) is 1. The Balaban J connectivity index is 2.88. The highest BCUT2D eigenvalue weighted by Gasteiger charge is 2.20. The summed E-state index contributed by atoms with van der Waals surface area (Å²) in [7, 11) is -2.20. The van der Waals surface area contributed by atoms with Crippen molar-refractivity contribution in [1.82, 2.24) is 9.29 Å². The highest BCUT2D eigenvalue weighted by molar-refractivity contribution is 7.90. The number of anilines is 1. The Morgan fingerprint density at radius 1 is 1.44 bits per heavy atom. The van der Waals surface area contributed by atoms with Crippen LogP contribution in [0.4, 0.5) is 5.69 Å². The molecule has 0 aromatic carbocycles. The average molecular weight is 273 g/mol. The largest absolute Gasteiger partial charge is 0.477 e. The lowest BCUT2D eigenvalue weighted by molar-refractivity contribution is 0.0690. The van der Waals surface area contributed by atoms with Gasteiger partial charge in [0.1, 0.15) is 5.69 Å². The second-order valence-electron chi connectivity index (χ2n) is 3.95. The van der Waals surface area contributed by atoms with Crippen LogP contribution in [0, 0.1) is 0 Å². The summed E-state index contributed by atoms with van der Waals surface area (Å²) in [5.41, 5.74) is 0.0719. The van der Waals surface area contributed by atoms with Gasteiger partial charge < -0.3 is 5.11 Å². The predicted molar refractivity (Wildman–Crippen MR) is 66.6 cm³/mol. The molecule has 0 aliphatic rings. The maximum atomic E-state index is 11.8. The molecular formula is C10H15N3O4S. The van der Waals surface area contributed by atoms with Gasteiger partial charge in [-0.3, -0.25) is 4.72 Å². The number of rotatable bonds is 5. The molecule has 2 N–H and O–H groups in total. The number of hydrogen-bond acceptors (Lipinski definition) is 4. The molecule has 1 aromatic heterocycles. The van der Waals surface area contributed by atoms with E-state index < -0.39 is 16.2 Å². The van der Waals surface area contributed by atoms with Gasteiger partial charge >= 0.3 is 16.2 Å². The second-order valence-corrected chi connectivity index (χ2v) is 5.68. The monoisotopic (exact) mass is 273 g/mol. The smallest absolute Gasteiger partial charge is 0.354 e. The third-order valence-corrected chi connectivity index (χ3v) is 4.01. The molecule has 0 spiro atoms. The molecule has 18 heavy (non-hydrogen) atoms.